The zero-order valence-electron chi connectivity index (χ0n) is 12.5. The van der Waals surface area contributed by atoms with Crippen molar-refractivity contribution >= 4 is 15.9 Å². The van der Waals surface area contributed by atoms with Crippen LogP contribution in [-0.4, -0.2) is 11.5 Å². The van der Waals surface area contributed by atoms with Crippen molar-refractivity contribution in [1.29, 1.82) is 0 Å². The van der Waals surface area contributed by atoms with Gasteiger partial charge in [0.2, 0.25) is 5.88 Å². The summed E-state index contributed by atoms with van der Waals surface area (Å²) < 4.78 is 6.82. The normalized spacial score (nSPS) is 10.9. The van der Waals surface area contributed by atoms with Gasteiger partial charge in [-0.3, -0.25) is 0 Å². The van der Waals surface area contributed by atoms with Gasteiger partial charge in [0, 0.05) is 17.1 Å². The molecule has 0 saturated heterocycles. The first-order valence-corrected chi connectivity index (χ1v) is 7.96. The summed E-state index contributed by atoms with van der Waals surface area (Å²) in [4.78, 5) is 4.51. The Balaban J connectivity index is 1.87. The monoisotopic (exact) mass is 348 g/mol. The molecule has 0 amide bonds. The summed E-state index contributed by atoms with van der Waals surface area (Å²) in [5.41, 5.74) is 2.13. The van der Waals surface area contributed by atoms with Crippen molar-refractivity contribution in [2.75, 3.05) is 6.54 Å². The third kappa shape index (κ3) is 5.86. The number of aromatic nitrogens is 1. The Kier molecular flexibility index (Phi) is 6.21. The van der Waals surface area contributed by atoms with Gasteiger partial charge in [0.15, 0.2) is 0 Å². The Bertz CT molecular complexity index is 555. The molecule has 0 unspecified atom stereocenters. The second-order valence-electron chi connectivity index (χ2n) is 5.41. The molecule has 0 radical (unpaired) electrons. The van der Waals surface area contributed by atoms with Crippen LogP contribution in [-0.2, 0) is 13.2 Å². The minimum Gasteiger partial charge on any atom is -0.473 e. The van der Waals surface area contributed by atoms with Crippen LogP contribution in [0.3, 0.4) is 0 Å². The molecule has 0 fully saturated rings. The summed E-state index contributed by atoms with van der Waals surface area (Å²) in [5.74, 6) is 1.31. The van der Waals surface area contributed by atoms with E-state index in [2.05, 4.69) is 40.1 Å². The highest BCUT2D eigenvalue weighted by Crippen LogP contribution is 2.13. The Hall–Kier alpha value is -1.39. The van der Waals surface area contributed by atoms with Gasteiger partial charge in [-0.15, -0.1) is 0 Å². The fourth-order valence-electron chi connectivity index (χ4n) is 1.86. The Morgan fingerprint density at radius 3 is 2.62 bits per heavy atom. The highest BCUT2D eigenvalue weighted by atomic mass is 79.9. The van der Waals surface area contributed by atoms with E-state index in [0.717, 1.165) is 28.8 Å². The topological polar surface area (TPSA) is 34.1 Å². The lowest BCUT2D eigenvalue weighted by atomic mass is 10.2. The summed E-state index contributed by atoms with van der Waals surface area (Å²) >= 11 is 3.42. The molecule has 0 aliphatic rings. The molecule has 4 heteroatoms. The molecule has 3 nitrogen and oxygen atoms in total. The van der Waals surface area contributed by atoms with E-state index in [0.29, 0.717) is 18.4 Å². The molecule has 0 aliphatic carbocycles. The summed E-state index contributed by atoms with van der Waals surface area (Å²) in [6.07, 6.45) is 0. The van der Waals surface area contributed by atoms with E-state index in [9.17, 15) is 0 Å². The molecule has 112 valence electrons. The van der Waals surface area contributed by atoms with Crippen LogP contribution < -0.4 is 10.1 Å². The quantitative estimate of drug-likeness (QED) is 0.815. The molecule has 1 aromatic carbocycles. The molecular formula is C17H21BrN2O. The maximum absolute atomic E-state index is 5.75. The summed E-state index contributed by atoms with van der Waals surface area (Å²) in [6, 6.07) is 14.0. The van der Waals surface area contributed by atoms with E-state index in [1.54, 1.807) is 0 Å². The maximum Gasteiger partial charge on any atom is 0.213 e. The number of hydrogen-bond donors (Lipinski definition) is 1. The number of hydrogen-bond acceptors (Lipinski definition) is 3. The smallest absolute Gasteiger partial charge is 0.213 e. The van der Waals surface area contributed by atoms with Crippen molar-refractivity contribution in [3.8, 4) is 5.88 Å². The lowest BCUT2D eigenvalue weighted by molar-refractivity contribution is 0.292. The molecule has 0 saturated carbocycles. The fourth-order valence-corrected chi connectivity index (χ4v) is 2.13. The van der Waals surface area contributed by atoms with E-state index in [-0.39, 0.29) is 0 Å². The van der Waals surface area contributed by atoms with Crippen molar-refractivity contribution in [3.05, 3.63) is 58.2 Å². The number of nitrogens with zero attached hydrogens (tertiary/aromatic N) is 1. The number of pyridine rings is 1. The molecular weight excluding hydrogens is 328 g/mol. The standard InChI is InChI=1S/C17H21BrN2O/c1-13(2)10-19-11-16-4-3-5-17(20-16)21-12-14-6-8-15(18)9-7-14/h3-9,13,19H,10-12H2,1-2H3. The molecule has 2 rings (SSSR count). The number of nitrogens with one attached hydrogen (secondary N) is 1. The van der Waals surface area contributed by atoms with Crippen LogP contribution in [0.2, 0.25) is 0 Å². The largest absolute Gasteiger partial charge is 0.473 e. The van der Waals surface area contributed by atoms with Gasteiger partial charge in [-0.05, 0) is 36.2 Å². The van der Waals surface area contributed by atoms with Gasteiger partial charge in [0.05, 0.1) is 5.69 Å². The number of ether oxygens (including phenoxy) is 1. The molecule has 0 aliphatic heterocycles. The van der Waals surface area contributed by atoms with Crippen LogP contribution in [0.5, 0.6) is 5.88 Å². The lowest BCUT2D eigenvalue weighted by Crippen LogP contribution is -2.19. The molecule has 0 bridgehead atoms. The van der Waals surface area contributed by atoms with Gasteiger partial charge in [0.1, 0.15) is 6.61 Å². The van der Waals surface area contributed by atoms with E-state index in [4.69, 9.17) is 4.74 Å². The van der Waals surface area contributed by atoms with E-state index < -0.39 is 0 Å². The average Bonchev–Trinajstić information content (AvgIpc) is 2.47. The Labute approximate surface area is 134 Å². The number of halogens is 1. The number of rotatable bonds is 7. The molecule has 1 heterocycles. The van der Waals surface area contributed by atoms with Gasteiger partial charge in [-0.25, -0.2) is 4.98 Å². The maximum atomic E-state index is 5.75. The second-order valence-corrected chi connectivity index (χ2v) is 6.32. The van der Waals surface area contributed by atoms with Crippen LogP contribution in [0, 0.1) is 5.92 Å². The Morgan fingerprint density at radius 2 is 1.90 bits per heavy atom. The zero-order valence-corrected chi connectivity index (χ0v) is 14.1. The number of benzene rings is 1. The average molecular weight is 349 g/mol. The third-order valence-corrected chi connectivity index (χ3v) is 3.47. The first-order chi connectivity index (χ1) is 10.1. The van der Waals surface area contributed by atoms with Gasteiger partial charge in [0.25, 0.3) is 0 Å². The third-order valence-electron chi connectivity index (χ3n) is 2.94. The van der Waals surface area contributed by atoms with Gasteiger partial charge < -0.3 is 10.1 Å². The molecule has 0 spiro atoms. The van der Waals surface area contributed by atoms with E-state index in [1.165, 1.54) is 0 Å². The van der Waals surface area contributed by atoms with E-state index >= 15 is 0 Å². The summed E-state index contributed by atoms with van der Waals surface area (Å²) in [5, 5.41) is 3.39. The van der Waals surface area contributed by atoms with Gasteiger partial charge in [-0.2, -0.15) is 0 Å². The van der Waals surface area contributed by atoms with E-state index in [1.807, 2.05) is 42.5 Å². The zero-order chi connectivity index (χ0) is 15.1. The highest BCUT2D eigenvalue weighted by molar-refractivity contribution is 9.10. The first-order valence-electron chi connectivity index (χ1n) is 7.17. The van der Waals surface area contributed by atoms with Crippen LogP contribution >= 0.6 is 15.9 Å². The minimum atomic E-state index is 0.531. The predicted octanol–water partition coefficient (Wildman–Crippen LogP) is 4.17. The van der Waals surface area contributed by atoms with Crippen molar-refractivity contribution < 1.29 is 4.74 Å². The highest BCUT2D eigenvalue weighted by Gasteiger charge is 2.01. The molecule has 2 aromatic rings. The van der Waals surface area contributed by atoms with Crippen LogP contribution in [0.1, 0.15) is 25.1 Å². The molecule has 1 N–H and O–H groups in total. The van der Waals surface area contributed by atoms with Crippen LogP contribution in [0.25, 0.3) is 0 Å². The predicted molar refractivity (Wildman–Crippen MR) is 89.3 cm³/mol. The van der Waals surface area contributed by atoms with Crippen LogP contribution in [0.4, 0.5) is 0 Å². The van der Waals surface area contributed by atoms with Crippen molar-refractivity contribution in [2.24, 2.45) is 5.92 Å². The molecule has 1 aromatic heterocycles. The Morgan fingerprint density at radius 1 is 1.14 bits per heavy atom. The van der Waals surface area contributed by atoms with Crippen molar-refractivity contribution in [3.63, 3.8) is 0 Å². The molecule has 0 atom stereocenters. The molecule has 21 heavy (non-hydrogen) atoms. The first kappa shape index (κ1) is 16.0. The summed E-state index contributed by atoms with van der Waals surface area (Å²) in [6.45, 7) is 6.68. The van der Waals surface area contributed by atoms with Crippen LogP contribution in [0.15, 0.2) is 46.9 Å². The fraction of sp³-hybridized carbons (Fsp3) is 0.353. The summed E-state index contributed by atoms with van der Waals surface area (Å²) in [7, 11) is 0. The van der Waals surface area contributed by atoms with Crippen molar-refractivity contribution in [2.45, 2.75) is 27.0 Å². The van der Waals surface area contributed by atoms with Gasteiger partial charge in [-0.1, -0.05) is 48.0 Å². The second kappa shape index (κ2) is 8.15. The minimum absolute atomic E-state index is 0.531. The van der Waals surface area contributed by atoms with Crippen molar-refractivity contribution in [1.82, 2.24) is 10.3 Å². The SMILES string of the molecule is CC(C)CNCc1cccc(OCc2ccc(Br)cc2)n1. The van der Waals surface area contributed by atoms with Gasteiger partial charge >= 0.3 is 0 Å². The lowest BCUT2D eigenvalue weighted by Gasteiger charge is -2.09.